The minimum atomic E-state index is -1.18. The van der Waals surface area contributed by atoms with Crippen LogP contribution in [0.3, 0.4) is 0 Å². The van der Waals surface area contributed by atoms with Gasteiger partial charge in [0.2, 0.25) is 11.8 Å². The van der Waals surface area contributed by atoms with Gasteiger partial charge in [0.1, 0.15) is 17.7 Å². The van der Waals surface area contributed by atoms with E-state index in [2.05, 4.69) is 16.6 Å². The van der Waals surface area contributed by atoms with Crippen LogP contribution in [0.4, 0.5) is 10.5 Å². The molecule has 202 valence electrons. The number of carbonyl (C=O) groups excluding carboxylic acids is 4. The number of likely N-dealkylation sites (N-methyl/N-ethyl adjacent to an activating group) is 1. The number of nitrogens with two attached hydrogens (primary N) is 1. The van der Waals surface area contributed by atoms with Crippen LogP contribution in [0, 0.1) is 19.3 Å². The van der Waals surface area contributed by atoms with E-state index in [0.29, 0.717) is 16.8 Å². The fourth-order valence-electron chi connectivity index (χ4n) is 3.89. The number of carbonyl (C=O) groups is 4. The molecule has 2 aromatic rings. The number of primary amides is 1. The number of amides is 4. The van der Waals surface area contributed by atoms with E-state index in [9.17, 15) is 19.2 Å². The van der Waals surface area contributed by atoms with Gasteiger partial charge in [-0.2, -0.15) is 0 Å². The van der Waals surface area contributed by atoms with Crippen LogP contribution in [-0.4, -0.2) is 46.9 Å². The summed E-state index contributed by atoms with van der Waals surface area (Å²) in [6, 6.07) is 11.8. The number of hydrogen-bond acceptors (Lipinski definition) is 5. The molecule has 38 heavy (non-hydrogen) atoms. The number of anilines is 1. The second-order valence-electron chi connectivity index (χ2n) is 9.77. The molecule has 0 saturated heterocycles. The Labute approximate surface area is 224 Å². The summed E-state index contributed by atoms with van der Waals surface area (Å²) in [5.74, 6) is 0.877. The molecule has 9 heteroatoms. The van der Waals surface area contributed by atoms with E-state index in [1.807, 2.05) is 19.1 Å². The molecule has 2 rings (SSSR count). The summed E-state index contributed by atoms with van der Waals surface area (Å²) in [6.45, 7) is 8.73. The highest BCUT2D eigenvalue weighted by Gasteiger charge is 2.36. The van der Waals surface area contributed by atoms with Crippen molar-refractivity contribution in [3.8, 4) is 12.3 Å². The van der Waals surface area contributed by atoms with Crippen molar-refractivity contribution < 1.29 is 23.9 Å². The molecule has 2 aromatic carbocycles. The zero-order chi connectivity index (χ0) is 28.5. The fraction of sp³-hybridized carbons (Fsp3) is 0.379. The van der Waals surface area contributed by atoms with E-state index >= 15 is 0 Å². The van der Waals surface area contributed by atoms with Crippen LogP contribution in [0.1, 0.15) is 63.3 Å². The normalized spacial score (nSPS) is 12.4. The number of alkyl carbamates (subject to hydrolysis) is 1. The van der Waals surface area contributed by atoms with Gasteiger partial charge in [-0.1, -0.05) is 42.3 Å². The van der Waals surface area contributed by atoms with Crippen molar-refractivity contribution in [3.05, 3.63) is 65.2 Å². The number of rotatable bonds is 10. The third-order valence-electron chi connectivity index (χ3n) is 5.67. The molecule has 4 N–H and O–H groups in total. The van der Waals surface area contributed by atoms with Crippen LogP contribution in [-0.2, 0) is 19.1 Å². The molecule has 2 unspecified atom stereocenters. The van der Waals surface area contributed by atoms with Crippen molar-refractivity contribution in [2.75, 3.05) is 11.9 Å². The minimum absolute atomic E-state index is 0.0766. The summed E-state index contributed by atoms with van der Waals surface area (Å²) in [5.41, 5.74) is 6.82. The zero-order valence-electron chi connectivity index (χ0n) is 22.5. The Hall–Kier alpha value is -4.32. The molecular weight excluding hydrogens is 484 g/mol. The molecule has 0 bridgehead atoms. The zero-order valence-corrected chi connectivity index (χ0v) is 22.5. The number of nitrogens with zero attached hydrogens (tertiary/aromatic N) is 1. The predicted octanol–water partition coefficient (Wildman–Crippen LogP) is 3.66. The molecule has 0 saturated carbocycles. The van der Waals surface area contributed by atoms with Crippen LogP contribution >= 0.6 is 0 Å². The van der Waals surface area contributed by atoms with E-state index < -0.39 is 41.5 Å². The fourth-order valence-corrected chi connectivity index (χ4v) is 3.89. The molecule has 9 nitrogen and oxygen atoms in total. The summed E-state index contributed by atoms with van der Waals surface area (Å²) < 4.78 is 5.32. The Kier molecular flexibility index (Phi) is 10.5. The summed E-state index contributed by atoms with van der Waals surface area (Å²) in [4.78, 5) is 53.1. The van der Waals surface area contributed by atoms with Crippen molar-refractivity contribution in [2.24, 2.45) is 5.73 Å². The number of benzene rings is 2. The highest BCUT2D eigenvalue weighted by atomic mass is 16.6. The second-order valence-corrected chi connectivity index (χ2v) is 9.77. The Bertz CT molecular complexity index is 1210. The third-order valence-corrected chi connectivity index (χ3v) is 5.67. The van der Waals surface area contributed by atoms with Gasteiger partial charge in [-0.05, 0) is 64.3 Å². The maximum Gasteiger partial charge on any atom is 0.408 e. The number of aryl methyl sites for hydroxylation is 1. The number of terminal acetylenes is 1. The summed E-state index contributed by atoms with van der Waals surface area (Å²) in [5, 5.41) is 5.45. The standard InChI is InChI=1S/C29H36N4O5/c1-7-20-14-10-11-15-21(20)25(26(35)31-22-16-12-9-13-19(22)3)33(8-2)27(36)23(17-18-24(30)34)32-28(37)38-29(4,5)6/h1,9-16,23,25H,8,17-18H2,2-6H3,(H2,30,34)(H,31,35)(H,32,37). The molecule has 0 aliphatic rings. The molecule has 4 amide bonds. The van der Waals surface area contributed by atoms with Gasteiger partial charge in [-0.25, -0.2) is 4.79 Å². The topological polar surface area (TPSA) is 131 Å². The van der Waals surface area contributed by atoms with Crippen LogP contribution in [0.5, 0.6) is 0 Å². The Morgan fingerprint density at radius 3 is 2.29 bits per heavy atom. The van der Waals surface area contributed by atoms with E-state index in [1.54, 1.807) is 64.1 Å². The van der Waals surface area contributed by atoms with Gasteiger partial charge in [0.05, 0.1) is 0 Å². The highest BCUT2D eigenvalue weighted by molar-refractivity contribution is 5.99. The first-order chi connectivity index (χ1) is 17.9. The van der Waals surface area contributed by atoms with Gasteiger partial charge >= 0.3 is 6.09 Å². The average molecular weight is 521 g/mol. The number of para-hydroxylation sites is 1. The lowest BCUT2D eigenvalue weighted by atomic mass is 9.97. The molecule has 0 spiro atoms. The van der Waals surface area contributed by atoms with Crippen LogP contribution < -0.4 is 16.4 Å². The van der Waals surface area contributed by atoms with Crippen molar-refractivity contribution in [3.63, 3.8) is 0 Å². The summed E-state index contributed by atoms with van der Waals surface area (Å²) in [7, 11) is 0. The molecule has 2 atom stereocenters. The minimum Gasteiger partial charge on any atom is -0.444 e. The largest absolute Gasteiger partial charge is 0.444 e. The van der Waals surface area contributed by atoms with Crippen LogP contribution in [0.15, 0.2) is 48.5 Å². The van der Waals surface area contributed by atoms with E-state index in [1.165, 1.54) is 4.90 Å². The Balaban J connectivity index is 2.53. The summed E-state index contributed by atoms with van der Waals surface area (Å²) >= 11 is 0. The lowest BCUT2D eigenvalue weighted by Gasteiger charge is -2.34. The first-order valence-corrected chi connectivity index (χ1v) is 12.4. The van der Waals surface area contributed by atoms with Crippen molar-refractivity contribution >= 4 is 29.5 Å². The first kappa shape index (κ1) is 29.9. The molecule has 0 fully saturated rings. The molecular formula is C29H36N4O5. The van der Waals surface area contributed by atoms with E-state index in [4.69, 9.17) is 16.9 Å². The smallest absolute Gasteiger partial charge is 0.408 e. The van der Waals surface area contributed by atoms with Gasteiger partial charge in [0.15, 0.2) is 0 Å². The van der Waals surface area contributed by atoms with E-state index in [-0.39, 0.29) is 19.4 Å². The SMILES string of the molecule is C#Cc1ccccc1C(C(=O)Nc1ccccc1C)N(CC)C(=O)C(CCC(N)=O)NC(=O)OC(C)(C)C. The van der Waals surface area contributed by atoms with Gasteiger partial charge in [0, 0.05) is 24.2 Å². The lowest BCUT2D eigenvalue weighted by molar-refractivity contribution is -0.140. The predicted molar refractivity (Wildman–Crippen MR) is 146 cm³/mol. The number of hydrogen-bond donors (Lipinski definition) is 3. The maximum absolute atomic E-state index is 13.9. The number of nitrogens with one attached hydrogen (secondary N) is 2. The molecule has 0 radical (unpaired) electrons. The molecule has 0 aromatic heterocycles. The van der Waals surface area contributed by atoms with Crippen molar-refractivity contribution in [1.82, 2.24) is 10.2 Å². The first-order valence-electron chi connectivity index (χ1n) is 12.4. The maximum atomic E-state index is 13.9. The van der Waals surface area contributed by atoms with Gasteiger partial charge < -0.3 is 26.0 Å². The van der Waals surface area contributed by atoms with Crippen molar-refractivity contribution in [1.29, 1.82) is 0 Å². The average Bonchev–Trinajstić information content (AvgIpc) is 2.84. The summed E-state index contributed by atoms with van der Waals surface area (Å²) in [6.07, 6.45) is 4.67. The number of ether oxygens (including phenoxy) is 1. The van der Waals surface area contributed by atoms with Crippen molar-refractivity contribution in [2.45, 2.75) is 65.1 Å². The van der Waals surface area contributed by atoms with Gasteiger partial charge in [-0.3, -0.25) is 14.4 Å². The Morgan fingerprint density at radius 1 is 1.08 bits per heavy atom. The molecule has 0 aliphatic carbocycles. The van der Waals surface area contributed by atoms with Crippen LogP contribution in [0.2, 0.25) is 0 Å². The Morgan fingerprint density at radius 2 is 1.71 bits per heavy atom. The lowest BCUT2D eigenvalue weighted by Crippen LogP contribution is -2.52. The van der Waals surface area contributed by atoms with Crippen LogP contribution in [0.25, 0.3) is 0 Å². The quantitative estimate of drug-likeness (QED) is 0.412. The third kappa shape index (κ3) is 8.37. The second kappa shape index (κ2) is 13.3. The monoisotopic (exact) mass is 520 g/mol. The van der Waals surface area contributed by atoms with Gasteiger partial charge in [0.25, 0.3) is 5.91 Å². The molecule has 0 aliphatic heterocycles. The van der Waals surface area contributed by atoms with Gasteiger partial charge in [-0.15, -0.1) is 6.42 Å². The van der Waals surface area contributed by atoms with E-state index in [0.717, 1.165) is 5.56 Å². The highest BCUT2D eigenvalue weighted by Crippen LogP contribution is 2.28. The molecule has 0 heterocycles.